The maximum absolute atomic E-state index is 11.8. The summed E-state index contributed by atoms with van der Waals surface area (Å²) in [4.78, 5) is -0.165. The van der Waals surface area contributed by atoms with Gasteiger partial charge in [0.2, 0.25) is 0 Å². The number of aryl methyl sites for hydroxylation is 4. The third kappa shape index (κ3) is 30.5. The Kier molecular flexibility index (Phi) is 38.9. The number of rotatable bonds is 42. The summed E-state index contributed by atoms with van der Waals surface area (Å²) in [6, 6.07) is 19.3. The molecule has 0 unspecified atom stereocenters. The number of unbranched alkanes of at least 4 members (excludes halogenated alkanes) is 32. The van der Waals surface area contributed by atoms with Gasteiger partial charge in [0.05, 0.1) is 9.79 Å². The predicted octanol–water partition coefficient (Wildman–Crippen LogP) is 19.4. The summed E-state index contributed by atoms with van der Waals surface area (Å²) in [6.45, 7) is 9.00. The molecule has 408 valence electrons. The molecule has 0 aliphatic heterocycles. The van der Waals surface area contributed by atoms with Crippen LogP contribution in [0, 0.1) is 0 Å². The second-order valence-electron chi connectivity index (χ2n) is 21.5. The van der Waals surface area contributed by atoms with E-state index >= 15 is 0 Å². The van der Waals surface area contributed by atoms with Gasteiger partial charge in [-0.2, -0.15) is 0 Å². The molecule has 4 aromatic carbocycles. The molecule has 0 N–H and O–H groups in total. The number of hydrogen-bond acceptors (Lipinski definition) is 6. The second-order valence-corrected chi connectivity index (χ2v) is 24.3. The summed E-state index contributed by atoms with van der Waals surface area (Å²) in [7, 11) is -8.93. The van der Waals surface area contributed by atoms with Crippen molar-refractivity contribution in [3.63, 3.8) is 0 Å². The monoisotopic (exact) mass is 1170 g/mol. The first-order valence-electron chi connectivity index (χ1n) is 29.9. The minimum atomic E-state index is -4.47. The van der Waals surface area contributed by atoms with E-state index in [9.17, 15) is 25.9 Å². The Bertz CT molecular complexity index is 2100. The Morgan fingerprint density at radius 1 is 0.301 bits per heavy atom. The van der Waals surface area contributed by atoms with Crippen LogP contribution < -0.4 is 0 Å². The third-order valence-corrected chi connectivity index (χ3v) is 16.6. The van der Waals surface area contributed by atoms with E-state index in [1.807, 2.05) is 0 Å². The van der Waals surface area contributed by atoms with Gasteiger partial charge in [-0.3, -0.25) is 0 Å². The standard InChI is InChI=1S/2C32H52O3S.Ba/c2*1-3-5-7-9-11-13-15-17-19-21-28-23-24-32-29(22-20-18-16-14-12-10-8-6-4-2)26-31(36(33,34)35)27-30(32)25-28;/h2*23-27H,3-22H2,1-2H3,(H,33,34,35);/q;;+2/p-2. The summed E-state index contributed by atoms with van der Waals surface area (Å²) in [5, 5.41) is 3.98. The topological polar surface area (TPSA) is 114 Å². The van der Waals surface area contributed by atoms with Crippen molar-refractivity contribution in [1.29, 1.82) is 0 Å². The van der Waals surface area contributed by atoms with Crippen molar-refractivity contribution in [2.24, 2.45) is 0 Å². The van der Waals surface area contributed by atoms with E-state index in [1.165, 1.54) is 204 Å². The quantitative estimate of drug-likeness (QED) is 0.0248. The van der Waals surface area contributed by atoms with Gasteiger partial charge in [0.15, 0.2) is 0 Å². The molecule has 4 aromatic rings. The van der Waals surface area contributed by atoms with E-state index in [0.717, 1.165) is 96.9 Å². The van der Waals surface area contributed by atoms with Crippen molar-refractivity contribution in [3.8, 4) is 0 Å². The maximum atomic E-state index is 11.8. The van der Waals surface area contributed by atoms with Crippen LogP contribution in [0.5, 0.6) is 0 Å². The molecule has 0 spiro atoms. The minimum Gasteiger partial charge on any atom is -0.744 e. The molecule has 0 saturated heterocycles. The zero-order valence-corrected chi connectivity index (χ0v) is 53.1. The van der Waals surface area contributed by atoms with E-state index in [-0.39, 0.29) is 58.7 Å². The Morgan fingerprint density at radius 2 is 0.534 bits per heavy atom. The van der Waals surface area contributed by atoms with E-state index in [1.54, 1.807) is 24.3 Å². The van der Waals surface area contributed by atoms with Gasteiger partial charge in [0.25, 0.3) is 0 Å². The van der Waals surface area contributed by atoms with E-state index in [4.69, 9.17) is 0 Å². The summed E-state index contributed by atoms with van der Waals surface area (Å²) in [5.41, 5.74) is 4.47. The SMILES string of the molecule is CCCCCCCCCCCc1ccc2c(CCCCCCCCCCC)cc(S(=O)(=O)[O-])cc2c1.CCCCCCCCCCCc1ccc2c(CCCCCCCCCCC)cc(S(=O)(=O)[O-])cc2c1.[Ba+2]. The molecule has 9 heteroatoms. The molecule has 0 radical (unpaired) electrons. The third-order valence-electron chi connectivity index (χ3n) is 15.0. The largest absolute Gasteiger partial charge is 2.00 e. The van der Waals surface area contributed by atoms with Crippen LogP contribution >= 0.6 is 0 Å². The van der Waals surface area contributed by atoms with Gasteiger partial charge in [-0.25, -0.2) is 16.8 Å². The number of hydrogen-bond donors (Lipinski definition) is 0. The van der Waals surface area contributed by atoms with Gasteiger partial charge in [-0.15, -0.1) is 0 Å². The van der Waals surface area contributed by atoms with Gasteiger partial charge in [-0.05, 0) is 119 Å². The Labute approximate surface area is 489 Å². The molecule has 0 fully saturated rings. The number of fused-ring (bicyclic) bond motifs is 2. The van der Waals surface area contributed by atoms with Crippen molar-refractivity contribution >= 4 is 90.7 Å². The average molecular weight is 1170 g/mol. The fourth-order valence-corrected chi connectivity index (χ4v) is 11.6. The van der Waals surface area contributed by atoms with Crippen LogP contribution in [0.4, 0.5) is 0 Å². The molecule has 0 saturated carbocycles. The molecule has 0 heterocycles. The molecule has 0 aromatic heterocycles. The first-order chi connectivity index (χ1) is 34.9. The fourth-order valence-electron chi connectivity index (χ4n) is 10.5. The predicted molar refractivity (Wildman–Crippen MR) is 313 cm³/mol. The second kappa shape index (κ2) is 41.8. The summed E-state index contributed by atoms with van der Waals surface area (Å²) < 4.78 is 71.0. The van der Waals surface area contributed by atoms with Crippen LogP contribution in [-0.2, 0) is 45.9 Å². The van der Waals surface area contributed by atoms with Crippen molar-refractivity contribution in [1.82, 2.24) is 0 Å². The number of benzene rings is 4. The van der Waals surface area contributed by atoms with Crippen LogP contribution in [0.15, 0.2) is 70.5 Å². The summed E-state index contributed by atoms with van der Waals surface area (Å²) in [5.74, 6) is 0. The molecular formula is C64H102BaO6S2. The Balaban J connectivity index is 0.000000493. The van der Waals surface area contributed by atoms with Crippen LogP contribution in [0.2, 0.25) is 0 Å². The molecular weight excluding hydrogens is 1070 g/mol. The van der Waals surface area contributed by atoms with Gasteiger partial charge < -0.3 is 9.11 Å². The van der Waals surface area contributed by atoms with Crippen molar-refractivity contribution in [2.75, 3.05) is 0 Å². The van der Waals surface area contributed by atoms with Crippen LogP contribution in [-0.4, -0.2) is 74.8 Å². The smallest absolute Gasteiger partial charge is 0.744 e. The molecule has 0 bridgehead atoms. The van der Waals surface area contributed by atoms with E-state index in [0.29, 0.717) is 0 Å². The average Bonchev–Trinajstić information content (AvgIpc) is 3.36. The van der Waals surface area contributed by atoms with E-state index < -0.39 is 20.2 Å². The molecule has 73 heavy (non-hydrogen) atoms. The van der Waals surface area contributed by atoms with Gasteiger partial charge >= 0.3 is 48.9 Å². The zero-order valence-electron chi connectivity index (χ0n) is 47.0. The molecule has 0 amide bonds. The van der Waals surface area contributed by atoms with Crippen molar-refractivity contribution in [3.05, 3.63) is 82.9 Å². The Morgan fingerprint density at radius 3 is 0.781 bits per heavy atom. The Hall–Kier alpha value is -1.21. The van der Waals surface area contributed by atoms with Gasteiger partial charge in [0, 0.05) is 0 Å². The van der Waals surface area contributed by atoms with Crippen LogP contribution in [0.1, 0.15) is 281 Å². The van der Waals surface area contributed by atoms with Gasteiger partial charge in [0.1, 0.15) is 20.2 Å². The molecule has 0 aliphatic carbocycles. The molecule has 6 nitrogen and oxygen atoms in total. The maximum Gasteiger partial charge on any atom is 2.00 e. The molecule has 4 rings (SSSR count). The van der Waals surface area contributed by atoms with Crippen molar-refractivity contribution in [2.45, 2.75) is 294 Å². The van der Waals surface area contributed by atoms with Gasteiger partial charge in [-0.1, -0.05) is 270 Å². The van der Waals surface area contributed by atoms with Crippen LogP contribution in [0.3, 0.4) is 0 Å². The molecule has 0 atom stereocenters. The first-order valence-corrected chi connectivity index (χ1v) is 32.8. The fraction of sp³-hybridized carbons (Fsp3) is 0.688. The van der Waals surface area contributed by atoms with Crippen molar-refractivity contribution < 1.29 is 25.9 Å². The first kappa shape index (κ1) is 67.9. The van der Waals surface area contributed by atoms with Crippen LogP contribution in [0.25, 0.3) is 21.5 Å². The molecule has 0 aliphatic rings. The van der Waals surface area contributed by atoms with E-state index in [2.05, 4.69) is 64.1 Å². The normalized spacial score (nSPS) is 11.8. The minimum absolute atomic E-state index is 0. The summed E-state index contributed by atoms with van der Waals surface area (Å²) >= 11 is 0. The zero-order chi connectivity index (χ0) is 52.1. The summed E-state index contributed by atoms with van der Waals surface area (Å²) in [6.07, 6.45) is 49.8.